The summed E-state index contributed by atoms with van der Waals surface area (Å²) in [6.07, 6.45) is 0.215. The maximum absolute atomic E-state index is 12.6. The van der Waals surface area contributed by atoms with Crippen molar-refractivity contribution in [1.82, 2.24) is 4.40 Å². The number of halogens is 3. The molecule has 0 fully saturated rings. The average molecular weight is 676 g/mol. The summed E-state index contributed by atoms with van der Waals surface area (Å²) in [6.45, 7) is 9.06. The number of methoxy groups -OCH3 is 1. The Bertz CT molecular complexity index is 2030. The van der Waals surface area contributed by atoms with E-state index in [0.29, 0.717) is 6.61 Å². The van der Waals surface area contributed by atoms with Crippen LogP contribution in [-0.4, -0.2) is 48.1 Å². The molecule has 6 rings (SSSR count). The normalized spacial score (nSPS) is 14.8. The average Bonchev–Trinajstić information content (AvgIpc) is 3.39. The van der Waals surface area contributed by atoms with Crippen LogP contribution in [0.15, 0.2) is 66.7 Å². The fourth-order valence-corrected chi connectivity index (χ4v) is 6.64. The Hall–Kier alpha value is -4.14. The van der Waals surface area contributed by atoms with Gasteiger partial charge < -0.3 is 19.3 Å². The van der Waals surface area contributed by atoms with E-state index in [1.807, 2.05) is 6.07 Å². The zero-order valence-electron chi connectivity index (χ0n) is 25.6. The van der Waals surface area contributed by atoms with Gasteiger partial charge in [-0.2, -0.15) is 17.6 Å². The van der Waals surface area contributed by atoms with Crippen LogP contribution in [0.5, 0.6) is 5.75 Å². The van der Waals surface area contributed by atoms with Crippen LogP contribution in [0.25, 0.3) is 38.2 Å². The Labute approximate surface area is 267 Å². The van der Waals surface area contributed by atoms with Crippen LogP contribution in [0, 0.1) is 6.92 Å². The van der Waals surface area contributed by atoms with Gasteiger partial charge in [0.2, 0.25) is 11.5 Å². The lowest BCUT2D eigenvalue weighted by molar-refractivity contribution is -0.684. The van der Waals surface area contributed by atoms with Gasteiger partial charge in [-0.1, -0.05) is 72.0 Å². The number of fused-ring (bicyclic) bond motifs is 7. The van der Waals surface area contributed by atoms with Crippen molar-refractivity contribution in [2.45, 2.75) is 51.2 Å². The fraction of sp³-hybridized carbons (Fsp3) is 0.312. The highest BCUT2D eigenvalue weighted by atomic mass is 32.2. The number of esters is 1. The molecule has 1 unspecified atom stereocenters. The van der Waals surface area contributed by atoms with Gasteiger partial charge in [0, 0.05) is 11.1 Å². The number of carbonyl (C=O) groups is 1. The highest BCUT2D eigenvalue weighted by Crippen LogP contribution is 2.46. The van der Waals surface area contributed by atoms with Crippen LogP contribution in [0.3, 0.4) is 0 Å². The standard InChI is InChI=1S/C31H32N3O3S.CHF3O3S/c1-19-27(21-12-7-6-8-13-21)34-29(32-31(2,3)4)28-26-23-14-10-9-11-20(23)15-16-24(26)37-18-22(17-25(35)36-5)33(28)30(34)38-19;2-1(3,4)8(5,6)7/h6-16,22,32H,17-18H2,1-5H3;(H,5,6,7)/q+1;/p-1. The summed E-state index contributed by atoms with van der Waals surface area (Å²) in [6, 6.07) is 22.8. The molecule has 1 N–H and O–H groups in total. The molecule has 0 saturated carbocycles. The maximum atomic E-state index is 12.6. The van der Waals surface area contributed by atoms with E-state index in [2.05, 4.69) is 103 Å². The molecule has 3 heterocycles. The number of aryl methyl sites for hydroxylation is 1. The fourth-order valence-electron chi connectivity index (χ4n) is 5.44. The number of alkyl halides is 3. The van der Waals surface area contributed by atoms with E-state index in [-0.39, 0.29) is 24.0 Å². The predicted octanol–water partition coefficient (Wildman–Crippen LogP) is 6.84. The van der Waals surface area contributed by atoms with Crippen LogP contribution in [-0.2, 0) is 19.6 Å². The number of anilines is 1. The summed E-state index contributed by atoms with van der Waals surface area (Å²) in [4.78, 5) is 14.9. The first-order valence-electron chi connectivity index (χ1n) is 14.2. The van der Waals surface area contributed by atoms with Crippen molar-refractivity contribution in [3.63, 3.8) is 0 Å². The molecule has 46 heavy (non-hydrogen) atoms. The zero-order chi connectivity index (χ0) is 33.6. The second-order valence-electron chi connectivity index (χ2n) is 11.7. The SMILES string of the molecule is COC(=O)CC1COc2ccc3ccccc3c2-c2c(NC(C)(C)C)n3c(-c4ccccc4)c(C)sc3[n+]21.O=S(=O)([O-])C(F)(F)F. The summed E-state index contributed by atoms with van der Waals surface area (Å²) < 4.78 is 75.1. The van der Waals surface area contributed by atoms with Crippen LogP contribution in [0.1, 0.15) is 38.1 Å². The monoisotopic (exact) mass is 675 g/mol. The first-order valence-corrected chi connectivity index (χ1v) is 16.4. The summed E-state index contributed by atoms with van der Waals surface area (Å²) in [7, 11) is -4.65. The van der Waals surface area contributed by atoms with Gasteiger partial charge in [-0.3, -0.25) is 4.79 Å². The summed E-state index contributed by atoms with van der Waals surface area (Å²) >= 11 is 1.74. The van der Waals surface area contributed by atoms with Crippen LogP contribution >= 0.6 is 11.3 Å². The van der Waals surface area contributed by atoms with E-state index in [0.717, 1.165) is 49.8 Å². The molecule has 14 heteroatoms. The number of hydrogen-bond acceptors (Lipinski definition) is 8. The lowest BCUT2D eigenvalue weighted by Crippen LogP contribution is -2.43. The highest BCUT2D eigenvalue weighted by molar-refractivity contribution is 7.86. The molecular formula is C32H32F3N3O6S2. The van der Waals surface area contributed by atoms with Gasteiger partial charge in [-0.15, -0.1) is 0 Å². The number of ether oxygens (including phenoxy) is 2. The summed E-state index contributed by atoms with van der Waals surface area (Å²) in [5, 5.41) is 6.11. The number of thiazole rings is 1. The first kappa shape index (κ1) is 33.2. The molecule has 0 spiro atoms. The number of hydrogen-bond donors (Lipinski definition) is 1. The third-order valence-electron chi connectivity index (χ3n) is 7.27. The van der Waals surface area contributed by atoms with Gasteiger partial charge in [-0.05, 0) is 44.5 Å². The number of nitrogens with one attached hydrogen (secondary N) is 1. The van der Waals surface area contributed by atoms with E-state index in [4.69, 9.17) is 22.4 Å². The molecule has 0 bridgehead atoms. The topological polar surface area (TPSA) is 113 Å². The number of aromatic nitrogens is 2. The van der Waals surface area contributed by atoms with Crippen molar-refractivity contribution in [2.75, 3.05) is 19.0 Å². The molecule has 9 nitrogen and oxygen atoms in total. The Morgan fingerprint density at radius 3 is 2.33 bits per heavy atom. The second-order valence-corrected chi connectivity index (χ2v) is 14.3. The van der Waals surface area contributed by atoms with Gasteiger partial charge in [0.1, 0.15) is 18.4 Å². The largest absolute Gasteiger partial charge is 0.741 e. The molecular weight excluding hydrogens is 643 g/mol. The molecule has 1 aliphatic heterocycles. The third kappa shape index (κ3) is 6.42. The number of benzene rings is 3. The summed E-state index contributed by atoms with van der Waals surface area (Å²) in [5.74, 6) is 1.56. The molecule has 0 aliphatic carbocycles. The first-order chi connectivity index (χ1) is 21.5. The number of nitrogens with zero attached hydrogens (tertiary/aromatic N) is 2. The number of carbonyl (C=O) groups excluding carboxylic acids is 1. The minimum Gasteiger partial charge on any atom is -0.741 e. The number of imidazole rings is 1. The van der Waals surface area contributed by atoms with Crippen molar-refractivity contribution in [3.05, 3.63) is 71.6 Å². The second kappa shape index (κ2) is 12.2. The Morgan fingerprint density at radius 2 is 1.72 bits per heavy atom. The predicted molar refractivity (Wildman–Crippen MR) is 169 cm³/mol. The molecule has 5 aromatic rings. The molecule has 0 amide bonds. The third-order valence-corrected chi connectivity index (χ3v) is 8.89. The molecule has 244 valence electrons. The molecule has 1 atom stereocenters. The summed E-state index contributed by atoms with van der Waals surface area (Å²) in [5.41, 5.74) is -1.50. The Balaban J connectivity index is 0.000000463. The van der Waals surface area contributed by atoms with Gasteiger partial charge in [0.15, 0.2) is 15.8 Å². The van der Waals surface area contributed by atoms with E-state index < -0.39 is 15.6 Å². The molecule has 0 radical (unpaired) electrons. The van der Waals surface area contributed by atoms with Gasteiger partial charge >= 0.3 is 16.4 Å². The van der Waals surface area contributed by atoms with Gasteiger partial charge in [0.05, 0.1) is 24.0 Å². The van der Waals surface area contributed by atoms with E-state index in [9.17, 15) is 18.0 Å². The Kier molecular flexibility index (Phi) is 8.83. The van der Waals surface area contributed by atoms with Gasteiger partial charge in [0.25, 0.3) is 0 Å². The molecule has 1 aliphatic rings. The number of rotatable bonds is 4. The smallest absolute Gasteiger partial charge is 0.485 e. The van der Waals surface area contributed by atoms with Crippen molar-refractivity contribution in [3.8, 4) is 28.3 Å². The maximum Gasteiger partial charge on any atom is 0.485 e. The van der Waals surface area contributed by atoms with E-state index >= 15 is 0 Å². The van der Waals surface area contributed by atoms with E-state index in [1.165, 1.54) is 12.0 Å². The van der Waals surface area contributed by atoms with Crippen molar-refractivity contribution in [2.24, 2.45) is 0 Å². The zero-order valence-corrected chi connectivity index (χ0v) is 27.3. The molecule has 0 saturated heterocycles. The molecule has 3 aromatic carbocycles. The minimum absolute atomic E-state index is 0.215. The Morgan fingerprint density at radius 1 is 1.09 bits per heavy atom. The van der Waals surface area contributed by atoms with Gasteiger partial charge in [-0.25, -0.2) is 13.0 Å². The van der Waals surface area contributed by atoms with E-state index in [1.54, 1.807) is 11.3 Å². The quantitative estimate of drug-likeness (QED) is 0.0961. The lowest BCUT2D eigenvalue weighted by atomic mass is 9.99. The minimum atomic E-state index is -6.09. The van der Waals surface area contributed by atoms with Crippen LogP contribution < -0.4 is 14.6 Å². The van der Waals surface area contributed by atoms with Crippen molar-refractivity contribution >= 4 is 49.0 Å². The van der Waals surface area contributed by atoms with Crippen molar-refractivity contribution < 1.29 is 45.0 Å². The van der Waals surface area contributed by atoms with Crippen LogP contribution in [0.4, 0.5) is 19.0 Å². The van der Waals surface area contributed by atoms with Crippen LogP contribution in [0.2, 0.25) is 0 Å². The highest BCUT2D eigenvalue weighted by Gasteiger charge is 2.42. The lowest BCUT2D eigenvalue weighted by Gasteiger charge is -2.21. The molecule has 2 aromatic heterocycles. The van der Waals surface area contributed by atoms with Crippen molar-refractivity contribution in [1.29, 1.82) is 0 Å².